The van der Waals surface area contributed by atoms with Gasteiger partial charge in [0.1, 0.15) is 5.75 Å². The van der Waals surface area contributed by atoms with Crippen LogP contribution in [0.3, 0.4) is 0 Å². The van der Waals surface area contributed by atoms with Gasteiger partial charge in [-0.3, -0.25) is 9.78 Å². The number of fused-ring (bicyclic) bond motifs is 1. The maximum atomic E-state index is 12.4. The third-order valence-electron chi connectivity index (χ3n) is 4.30. The van der Waals surface area contributed by atoms with Crippen molar-refractivity contribution in [1.29, 1.82) is 0 Å². The molecule has 120 valence electrons. The van der Waals surface area contributed by atoms with Gasteiger partial charge >= 0.3 is 0 Å². The van der Waals surface area contributed by atoms with Crippen LogP contribution in [0.15, 0.2) is 42.7 Å². The van der Waals surface area contributed by atoms with E-state index < -0.39 is 0 Å². The molecule has 0 unspecified atom stereocenters. The number of carbonyl (C=O) groups is 1. The number of pyridine rings is 1. The quantitative estimate of drug-likeness (QED) is 0.850. The summed E-state index contributed by atoms with van der Waals surface area (Å²) < 4.78 is 5.60. The van der Waals surface area contributed by atoms with Crippen molar-refractivity contribution in [2.45, 2.75) is 32.7 Å². The van der Waals surface area contributed by atoms with Gasteiger partial charge in [0.25, 0.3) is 0 Å². The van der Waals surface area contributed by atoms with Crippen LogP contribution in [0.5, 0.6) is 5.75 Å². The molecule has 2 heterocycles. The van der Waals surface area contributed by atoms with Crippen LogP contribution >= 0.6 is 0 Å². The second kappa shape index (κ2) is 6.82. The molecule has 4 nitrogen and oxygen atoms in total. The third kappa shape index (κ3) is 3.07. The van der Waals surface area contributed by atoms with Crippen LogP contribution in [-0.4, -0.2) is 28.9 Å². The smallest absolute Gasteiger partial charge is 0.223 e. The minimum atomic E-state index is -0.105. The van der Waals surface area contributed by atoms with Crippen molar-refractivity contribution in [2.24, 2.45) is 0 Å². The maximum Gasteiger partial charge on any atom is 0.223 e. The molecule has 1 atom stereocenters. The Morgan fingerprint density at radius 2 is 2.17 bits per heavy atom. The lowest BCUT2D eigenvalue weighted by Crippen LogP contribution is -2.35. The number of ether oxygens (including phenoxy) is 1. The molecule has 2 aromatic rings. The number of benzene rings is 1. The summed E-state index contributed by atoms with van der Waals surface area (Å²) in [5.41, 5.74) is 3.37. The molecule has 0 saturated carbocycles. The summed E-state index contributed by atoms with van der Waals surface area (Å²) in [4.78, 5) is 18.6. The topological polar surface area (TPSA) is 42.4 Å². The predicted octanol–water partition coefficient (Wildman–Crippen LogP) is 3.36. The largest absolute Gasteiger partial charge is 0.493 e. The van der Waals surface area contributed by atoms with E-state index in [9.17, 15) is 4.79 Å². The number of amides is 1. The molecule has 1 aromatic carbocycles. The fourth-order valence-corrected chi connectivity index (χ4v) is 3.17. The van der Waals surface area contributed by atoms with Crippen LogP contribution in [0, 0.1) is 0 Å². The lowest BCUT2D eigenvalue weighted by Gasteiger charge is -2.31. The summed E-state index contributed by atoms with van der Waals surface area (Å²) in [5.74, 6) is 1.11. The van der Waals surface area contributed by atoms with Gasteiger partial charge in [-0.15, -0.1) is 0 Å². The molecule has 0 N–H and O–H groups in total. The van der Waals surface area contributed by atoms with Crippen molar-refractivity contribution < 1.29 is 9.53 Å². The van der Waals surface area contributed by atoms with Crippen molar-refractivity contribution in [3.05, 3.63) is 59.4 Å². The van der Waals surface area contributed by atoms with Crippen LogP contribution in [0.2, 0.25) is 0 Å². The fraction of sp³-hybridized carbons (Fsp3) is 0.368. The monoisotopic (exact) mass is 310 g/mol. The van der Waals surface area contributed by atoms with E-state index in [0.29, 0.717) is 13.0 Å². The van der Waals surface area contributed by atoms with Crippen molar-refractivity contribution in [3.63, 3.8) is 0 Å². The normalized spacial score (nSPS) is 14.0. The molecule has 0 fully saturated rings. The Bertz CT molecular complexity index is 685. The van der Waals surface area contributed by atoms with Crippen LogP contribution in [-0.2, 0) is 11.2 Å². The van der Waals surface area contributed by atoms with E-state index in [2.05, 4.69) is 17.1 Å². The van der Waals surface area contributed by atoms with Crippen molar-refractivity contribution >= 4 is 5.91 Å². The van der Waals surface area contributed by atoms with Gasteiger partial charge in [-0.1, -0.05) is 19.1 Å². The second-order valence-corrected chi connectivity index (χ2v) is 5.69. The van der Waals surface area contributed by atoms with Gasteiger partial charge < -0.3 is 9.64 Å². The van der Waals surface area contributed by atoms with Crippen LogP contribution in [0.25, 0.3) is 0 Å². The van der Waals surface area contributed by atoms with Gasteiger partial charge in [0.2, 0.25) is 5.91 Å². The summed E-state index contributed by atoms with van der Waals surface area (Å²) in [6.45, 7) is 5.33. The predicted molar refractivity (Wildman–Crippen MR) is 89.4 cm³/mol. The Hall–Kier alpha value is -2.36. The Balaban J connectivity index is 2.06. The molecule has 0 aliphatic carbocycles. The maximum absolute atomic E-state index is 12.4. The average Bonchev–Trinajstić information content (AvgIpc) is 3.07. The highest BCUT2D eigenvalue weighted by atomic mass is 16.5. The molecule has 3 rings (SSSR count). The van der Waals surface area contributed by atoms with Crippen molar-refractivity contribution in [2.75, 3.05) is 13.2 Å². The summed E-state index contributed by atoms with van der Waals surface area (Å²) in [5, 5.41) is 0. The molecule has 1 aliphatic rings. The van der Waals surface area contributed by atoms with Crippen LogP contribution < -0.4 is 4.74 Å². The van der Waals surface area contributed by atoms with E-state index in [1.807, 2.05) is 43.1 Å². The molecule has 1 aromatic heterocycles. The van der Waals surface area contributed by atoms with E-state index in [1.165, 1.54) is 5.56 Å². The SMILES string of the molecule is CCC(=O)N(CC)[C@H](c1cccnc1)c1ccc2c(c1)CCO2. The Morgan fingerprint density at radius 3 is 2.87 bits per heavy atom. The standard InChI is InChI=1S/C19H22N2O2/c1-3-18(22)21(4-2)19(16-6-5-10-20-13-16)15-7-8-17-14(12-15)9-11-23-17/h5-8,10,12-13,19H,3-4,9,11H2,1-2H3/t19-/m0/s1. The Labute approximate surface area is 137 Å². The third-order valence-corrected chi connectivity index (χ3v) is 4.30. The van der Waals surface area contributed by atoms with Crippen molar-refractivity contribution in [3.8, 4) is 5.75 Å². The first-order valence-corrected chi connectivity index (χ1v) is 8.19. The van der Waals surface area contributed by atoms with E-state index in [-0.39, 0.29) is 11.9 Å². The number of rotatable bonds is 5. The first-order valence-electron chi connectivity index (χ1n) is 8.19. The summed E-state index contributed by atoms with van der Waals surface area (Å²) in [6, 6.07) is 10.1. The molecule has 0 spiro atoms. The zero-order valence-electron chi connectivity index (χ0n) is 13.7. The highest BCUT2D eigenvalue weighted by Crippen LogP contribution is 2.33. The number of hydrogen-bond acceptors (Lipinski definition) is 3. The highest BCUT2D eigenvalue weighted by Gasteiger charge is 2.26. The number of nitrogens with zero attached hydrogens (tertiary/aromatic N) is 2. The first-order chi connectivity index (χ1) is 11.2. The minimum Gasteiger partial charge on any atom is -0.493 e. The van der Waals surface area contributed by atoms with Gasteiger partial charge in [-0.05, 0) is 41.8 Å². The molecular weight excluding hydrogens is 288 g/mol. The van der Waals surface area contributed by atoms with E-state index in [1.54, 1.807) is 6.20 Å². The summed E-state index contributed by atoms with van der Waals surface area (Å²) >= 11 is 0. The Morgan fingerprint density at radius 1 is 1.30 bits per heavy atom. The Kier molecular flexibility index (Phi) is 4.60. The summed E-state index contributed by atoms with van der Waals surface area (Å²) in [7, 11) is 0. The molecule has 0 radical (unpaired) electrons. The van der Waals surface area contributed by atoms with Crippen LogP contribution in [0.1, 0.15) is 43.0 Å². The van der Waals surface area contributed by atoms with Crippen molar-refractivity contribution in [1.82, 2.24) is 9.88 Å². The molecular formula is C19H22N2O2. The number of aromatic nitrogens is 1. The lowest BCUT2D eigenvalue weighted by molar-refractivity contribution is -0.132. The van der Waals surface area contributed by atoms with Gasteiger partial charge in [0.05, 0.1) is 12.6 Å². The lowest BCUT2D eigenvalue weighted by atomic mass is 9.95. The molecule has 0 saturated heterocycles. The van der Waals surface area contributed by atoms with Gasteiger partial charge in [0.15, 0.2) is 0 Å². The molecule has 1 amide bonds. The molecule has 4 heteroatoms. The number of carbonyl (C=O) groups excluding carboxylic acids is 1. The second-order valence-electron chi connectivity index (χ2n) is 5.69. The van der Waals surface area contributed by atoms with Gasteiger partial charge in [-0.2, -0.15) is 0 Å². The van der Waals surface area contributed by atoms with E-state index >= 15 is 0 Å². The molecule has 23 heavy (non-hydrogen) atoms. The van der Waals surface area contributed by atoms with Gasteiger partial charge in [0, 0.05) is 31.8 Å². The molecule has 0 bridgehead atoms. The zero-order valence-corrected chi connectivity index (χ0v) is 13.7. The fourth-order valence-electron chi connectivity index (χ4n) is 3.17. The summed E-state index contributed by atoms with van der Waals surface area (Å²) in [6.07, 6.45) is 5.03. The van der Waals surface area contributed by atoms with E-state index in [0.717, 1.165) is 29.9 Å². The minimum absolute atomic E-state index is 0.105. The zero-order chi connectivity index (χ0) is 16.2. The molecule has 1 aliphatic heterocycles. The van der Waals surface area contributed by atoms with Gasteiger partial charge in [-0.25, -0.2) is 0 Å². The van der Waals surface area contributed by atoms with E-state index in [4.69, 9.17) is 4.74 Å². The number of hydrogen-bond donors (Lipinski definition) is 0. The van der Waals surface area contributed by atoms with Crippen LogP contribution in [0.4, 0.5) is 0 Å². The highest BCUT2D eigenvalue weighted by molar-refractivity contribution is 5.77. The first kappa shape index (κ1) is 15.5. The average molecular weight is 310 g/mol.